The lowest BCUT2D eigenvalue weighted by Crippen LogP contribution is -2.15. The minimum absolute atomic E-state index is 0.697. The molecule has 1 aliphatic rings. The molecule has 4 heteroatoms. The van der Waals surface area contributed by atoms with E-state index in [0.717, 1.165) is 27.9 Å². The first kappa shape index (κ1) is 11.0. The van der Waals surface area contributed by atoms with Gasteiger partial charge in [-0.1, -0.05) is 33.2 Å². The Morgan fingerprint density at radius 1 is 1.29 bits per heavy atom. The van der Waals surface area contributed by atoms with E-state index in [2.05, 4.69) is 26.4 Å². The van der Waals surface area contributed by atoms with Crippen molar-refractivity contribution in [1.29, 1.82) is 0 Å². The van der Waals surface area contributed by atoms with Crippen molar-refractivity contribution in [2.45, 2.75) is 25.4 Å². The second kappa shape index (κ2) is 4.63. The van der Waals surface area contributed by atoms with Crippen LogP contribution in [0.15, 0.2) is 39.5 Å². The molecule has 88 valence electrons. The molecular formula is C13H13BrN2O. The Labute approximate surface area is 108 Å². The van der Waals surface area contributed by atoms with Gasteiger partial charge in [-0.05, 0) is 25.0 Å². The number of benzene rings is 1. The van der Waals surface area contributed by atoms with Crippen molar-refractivity contribution in [2.75, 3.05) is 0 Å². The molecule has 1 fully saturated rings. The van der Waals surface area contributed by atoms with E-state index in [4.69, 9.17) is 4.52 Å². The Morgan fingerprint density at radius 3 is 2.76 bits per heavy atom. The highest BCUT2D eigenvalue weighted by molar-refractivity contribution is 9.10. The molecule has 2 aromatic rings. The van der Waals surface area contributed by atoms with Crippen LogP contribution >= 0.6 is 15.9 Å². The summed E-state index contributed by atoms with van der Waals surface area (Å²) in [6.07, 6.45) is 4.38. The molecule has 0 aliphatic heterocycles. The first-order chi connectivity index (χ1) is 8.33. The van der Waals surface area contributed by atoms with E-state index in [9.17, 15) is 0 Å². The maximum Gasteiger partial charge on any atom is 0.171 e. The molecule has 1 heterocycles. The molecule has 0 radical (unpaired) electrons. The smallest absolute Gasteiger partial charge is 0.171 e. The van der Waals surface area contributed by atoms with Crippen LogP contribution < -0.4 is 5.32 Å². The van der Waals surface area contributed by atoms with Gasteiger partial charge in [-0.15, -0.1) is 0 Å². The van der Waals surface area contributed by atoms with Crippen LogP contribution in [0.2, 0.25) is 0 Å². The van der Waals surface area contributed by atoms with Crippen LogP contribution in [-0.4, -0.2) is 11.2 Å². The fourth-order valence-corrected chi connectivity index (χ4v) is 2.03. The van der Waals surface area contributed by atoms with Crippen LogP contribution in [0.25, 0.3) is 11.3 Å². The van der Waals surface area contributed by atoms with Crippen molar-refractivity contribution in [3.05, 3.63) is 40.5 Å². The lowest BCUT2D eigenvalue weighted by atomic mass is 10.1. The van der Waals surface area contributed by atoms with Crippen molar-refractivity contribution < 1.29 is 4.52 Å². The molecule has 0 spiro atoms. The van der Waals surface area contributed by atoms with Gasteiger partial charge >= 0.3 is 0 Å². The molecule has 0 saturated heterocycles. The Morgan fingerprint density at radius 2 is 2.06 bits per heavy atom. The van der Waals surface area contributed by atoms with Crippen LogP contribution in [0.3, 0.4) is 0 Å². The number of nitrogens with zero attached hydrogens (tertiary/aromatic N) is 1. The maximum absolute atomic E-state index is 5.34. The number of nitrogens with one attached hydrogen (secondary N) is 1. The number of rotatable bonds is 4. The van der Waals surface area contributed by atoms with Crippen LogP contribution in [0, 0.1) is 0 Å². The molecule has 1 aromatic carbocycles. The predicted molar refractivity (Wildman–Crippen MR) is 69.5 cm³/mol. The third-order valence-electron chi connectivity index (χ3n) is 2.91. The number of aromatic nitrogens is 1. The number of hydrogen-bond donors (Lipinski definition) is 1. The topological polar surface area (TPSA) is 38.1 Å². The molecule has 1 saturated carbocycles. The van der Waals surface area contributed by atoms with Gasteiger partial charge in [0.15, 0.2) is 5.76 Å². The normalized spacial score (nSPS) is 15.1. The highest BCUT2D eigenvalue weighted by Gasteiger charge is 2.21. The van der Waals surface area contributed by atoms with Crippen molar-refractivity contribution >= 4 is 15.9 Å². The summed E-state index contributed by atoms with van der Waals surface area (Å²) in [5, 5.41) is 7.36. The number of halogens is 1. The average Bonchev–Trinajstić information content (AvgIpc) is 3.06. The Balaban J connectivity index is 1.81. The molecule has 0 bridgehead atoms. The zero-order chi connectivity index (χ0) is 11.7. The quantitative estimate of drug-likeness (QED) is 0.939. The van der Waals surface area contributed by atoms with Gasteiger partial charge in [-0.2, -0.15) is 0 Å². The molecule has 3 nitrogen and oxygen atoms in total. The summed E-state index contributed by atoms with van der Waals surface area (Å²) in [5.74, 6) is 0.866. The summed E-state index contributed by atoms with van der Waals surface area (Å²) < 4.78 is 6.41. The van der Waals surface area contributed by atoms with Crippen LogP contribution in [0.1, 0.15) is 18.4 Å². The first-order valence-electron chi connectivity index (χ1n) is 5.76. The van der Waals surface area contributed by atoms with Crippen LogP contribution in [0.5, 0.6) is 0 Å². The standard InChI is InChI=1S/C13H13BrN2O/c14-11-3-1-9(2-4-11)13-10(8-16-17-13)7-15-12-5-6-12/h1-4,8,12,15H,5-7H2. The monoisotopic (exact) mass is 292 g/mol. The second-order valence-corrected chi connectivity index (χ2v) is 5.26. The Kier molecular flexibility index (Phi) is 2.99. The first-order valence-corrected chi connectivity index (χ1v) is 6.55. The van der Waals surface area contributed by atoms with Gasteiger partial charge in [0.05, 0.1) is 6.20 Å². The molecule has 17 heavy (non-hydrogen) atoms. The van der Waals surface area contributed by atoms with Crippen LogP contribution in [0.4, 0.5) is 0 Å². The predicted octanol–water partition coefficient (Wildman–Crippen LogP) is 3.36. The fraction of sp³-hybridized carbons (Fsp3) is 0.308. The summed E-state index contributed by atoms with van der Waals surface area (Å²) in [4.78, 5) is 0. The van der Waals surface area contributed by atoms with Gasteiger partial charge in [-0.3, -0.25) is 0 Å². The molecule has 1 aromatic heterocycles. The van der Waals surface area contributed by atoms with E-state index >= 15 is 0 Å². The minimum Gasteiger partial charge on any atom is -0.356 e. The van der Waals surface area contributed by atoms with Crippen molar-refractivity contribution in [2.24, 2.45) is 0 Å². The van der Waals surface area contributed by atoms with Crippen molar-refractivity contribution in [1.82, 2.24) is 10.5 Å². The van der Waals surface area contributed by atoms with E-state index in [1.54, 1.807) is 6.20 Å². The van der Waals surface area contributed by atoms with Crippen molar-refractivity contribution in [3.63, 3.8) is 0 Å². The van der Waals surface area contributed by atoms with Crippen LogP contribution in [-0.2, 0) is 6.54 Å². The summed E-state index contributed by atoms with van der Waals surface area (Å²) in [6, 6.07) is 8.78. The van der Waals surface area contributed by atoms with E-state index < -0.39 is 0 Å². The highest BCUT2D eigenvalue weighted by Crippen LogP contribution is 2.26. The summed E-state index contributed by atoms with van der Waals surface area (Å²) in [5.41, 5.74) is 2.19. The molecule has 0 amide bonds. The zero-order valence-electron chi connectivity index (χ0n) is 9.32. The highest BCUT2D eigenvalue weighted by atomic mass is 79.9. The maximum atomic E-state index is 5.34. The SMILES string of the molecule is Brc1ccc(-c2oncc2CNC2CC2)cc1. The lowest BCUT2D eigenvalue weighted by Gasteiger charge is -2.02. The Hall–Kier alpha value is -1.13. The van der Waals surface area contributed by atoms with E-state index in [1.807, 2.05) is 24.3 Å². The summed E-state index contributed by atoms with van der Waals surface area (Å²) in [7, 11) is 0. The minimum atomic E-state index is 0.697. The zero-order valence-corrected chi connectivity index (χ0v) is 10.9. The second-order valence-electron chi connectivity index (χ2n) is 4.34. The molecular weight excluding hydrogens is 280 g/mol. The molecule has 1 aliphatic carbocycles. The van der Waals surface area contributed by atoms with Gasteiger partial charge < -0.3 is 9.84 Å². The van der Waals surface area contributed by atoms with Gasteiger partial charge in [0.25, 0.3) is 0 Å². The number of hydrogen-bond acceptors (Lipinski definition) is 3. The van der Waals surface area contributed by atoms with E-state index in [-0.39, 0.29) is 0 Å². The molecule has 0 atom stereocenters. The third-order valence-corrected chi connectivity index (χ3v) is 3.44. The van der Waals surface area contributed by atoms with E-state index in [1.165, 1.54) is 12.8 Å². The lowest BCUT2D eigenvalue weighted by molar-refractivity contribution is 0.431. The fourth-order valence-electron chi connectivity index (χ4n) is 1.77. The largest absolute Gasteiger partial charge is 0.356 e. The molecule has 3 rings (SSSR count). The molecule has 1 N–H and O–H groups in total. The van der Waals surface area contributed by atoms with Gasteiger partial charge in [0.1, 0.15) is 0 Å². The average molecular weight is 293 g/mol. The summed E-state index contributed by atoms with van der Waals surface area (Å²) >= 11 is 3.43. The molecule has 0 unspecified atom stereocenters. The third kappa shape index (κ3) is 2.58. The van der Waals surface area contributed by atoms with Gasteiger partial charge in [0, 0.05) is 28.2 Å². The van der Waals surface area contributed by atoms with Gasteiger partial charge in [-0.25, -0.2) is 0 Å². The van der Waals surface area contributed by atoms with Gasteiger partial charge in [0.2, 0.25) is 0 Å². The van der Waals surface area contributed by atoms with E-state index in [0.29, 0.717) is 6.04 Å². The Bertz CT molecular complexity index is 502. The van der Waals surface area contributed by atoms with Crippen molar-refractivity contribution in [3.8, 4) is 11.3 Å². The summed E-state index contributed by atoms with van der Waals surface area (Å²) in [6.45, 7) is 0.833.